The van der Waals surface area contributed by atoms with Gasteiger partial charge in [0.2, 0.25) is 0 Å². The predicted molar refractivity (Wildman–Crippen MR) is 59.9 cm³/mol. The minimum absolute atomic E-state index is 0.813. The maximum absolute atomic E-state index is 3.47. The zero-order valence-corrected chi connectivity index (χ0v) is 9.55. The molecule has 1 aliphatic carbocycles. The lowest BCUT2D eigenvalue weighted by atomic mass is 9.90. The first kappa shape index (κ1) is 9.26. The molecule has 1 fully saturated rings. The van der Waals surface area contributed by atoms with E-state index >= 15 is 0 Å². The molecule has 2 rings (SSSR count). The third-order valence-electron chi connectivity index (χ3n) is 3.16. The van der Waals surface area contributed by atoms with Crippen molar-refractivity contribution in [1.82, 2.24) is 0 Å². The topological polar surface area (TPSA) is 0 Å². The molecule has 1 saturated carbocycles. The number of rotatable bonds is 1. The number of halogens is 1. The summed E-state index contributed by atoms with van der Waals surface area (Å²) in [6.07, 6.45) is 4.19. The first-order valence-electron chi connectivity index (χ1n) is 5.03. The molecule has 70 valence electrons. The molecule has 2 atom stereocenters. The van der Waals surface area contributed by atoms with E-state index in [-0.39, 0.29) is 0 Å². The van der Waals surface area contributed by atoms with Gasteiger partial charge in [-0.1, -0.05) is 47.8 Å². The van der Waals surface area contributed by atoms with Crippen molar-refractivity contribution in [1.29, 1.82) is 0 Å². The smallest absolute Gasteiger partial charge is 0.0175 e. The van der Waals surface area contributed by atoms with E-state index in [9.17, 15) is 0 Å². The fourth-order valence-corrected chi connectivity index (χ4v) is 2.61. The minimum atomic E-state index is 0.813. The molecular weight excluding hydrogens is 224 g/mol. The molecular formula is C12H15Br. The Balaban J connectivity index is 2.20. The largest absolute Gasteiger partial charge is 0.0619 e. The Morgan fingerprint density at radius 1 is 1.15 bits per heavy atom. The van der Waals surface area contributed by atoms with Gasteiger partial charge in [-0.15, -0.1) is 0 Å². The first-order valence-corrected chi connectivity index (χ1v) is 5.82. The molecule has 0 spiro atoms. The van der Waals surface area contributed by atoms with Crippen molar-refractivity contribution in [3.05, 3.63) is 34.3 Å². The van der Waals surface area contributed by atoms with Crippen molar-refractivity contribution in [2.75, 3.05) is 0 Å². The molecule has 0 nitrogen and oxygen atoms in total. The Morgan fingerprint density at radius 3 is 2.38 bits per heavy atom. The van der Waals surface area contributed by atoms with Crippen LogP contribution in [0.15, 0.2) is 28.7 Å². The molecule has 0 bridgehead atoms. The lowest BCUT2D eigenvalue weighted by molar-refractivity contribution is 0.533. The summed E-state index contributed by atoms with van der Waals surface area (Å²) in [6.45, 7) is 2.37. The van der Waals surface area contributed by atoms with E-state index in [0.29, 0.717) is 0 Å². The summed E-state index contributed by atoms with van der Waals surface area (Å²) < 4.78 is 1.18. The summed E-state index contributed by atoms with van der Waals surface area (Å²) in [4.78, 5) is 0. The van der Waals surface area contributed by atoms with Gasteiger partial charge < -0.3 is 0 Å². The highest BCUT2D eigenvalue weighted by atomic mass is 79.9. The average molecular weight is 239 g/mol. The number of benzene rings is 1. The maximum atomic E-state index is 3.47. The van der Waals surface area contributed by atoms with Gasteiger partial charge in [-0.25, -0.2) is 0 Å². The van der Waals surface area contributed by atoms with E-state index in [0.717, 1.165) is 11.8 Å². The SMILES string of the molecule is CC1CCCC1c1ccc(Br)cc1. The van der Waals surface area contributed by atoms with Gasteiger partial charge in [0.05, 0.1) is 0 Å². The summed E-state index contributed by atoms with van der Waals surface area (Å²) in [6, 6.07) is 8.83. The zero-order valence-electron chi connectivity index (χ0n) is 7.96. The summed E-state index contributed by atoms with van der Waals surface area (Å²) in [5, 5.41) is 0. The highest BCUT2D eigenvalue weighted by molar-refractivity contribution is 9.10. The molecule has 0 amide bonds. The molecule has 1 aliphatic rings. The van der Waals surface area contributed by atoms with Crippen molar-refractivity contribution >= 4 is 15.9 Å². The van der Waals surface area contributed by atoms with E-state index in [2.05, 4.69) is 47.1 Å². The van der Waals surface area contributed by atoms with Crippen LogP contribution < -0.4 is 0 Å². The van der Waals surface area contributed by atoms with Gasteiger partial charge in [-0.2, -0.15) is 0 Å². The molecule has 0 saturated heterocycles. The maximum Gasteiger partial charge on any atom is 0.0175 e. The second-order valence-electron chi connectivity index (χ2n) is 4.07. The van der Waals surface area contributed by atoms with Crippen molar-refractivity contribution in [3.63, 3.8) is 0 Å². The number of hydrogen-bond acceptors (Lipinski definition) is 0. The molecule has 0 radical (unpaired) electrons. The Hall–Kier alpha value is -0.300. The Kier molecular flexibility index (Phi) is 2.73. The van der Waals surface area contributed by atoms with E-state index in [1.54, 1.807) is 0 Å². The second-order valence-corrected chi connectivity index (χ2v) is 4.98. The first-order chi connectivity index (χ1) is 6.27. The molecule has 13 heavy (non-hydrogen) atoms. The molecule has 0 N–H and O–H groups in total. The minimum Gasteiger partial charge on any atom is -0.0619 e. The van der Waals surface area contributed by atoms with Crippen molar-refractivity contribution < 1.29 is 0 Å². The van der Waals surface area contributed by atoms with Crippen molar-refractivity contribution in [2.45, 2.75) is 32.1 Å². The Labute approximate surface area is 88.5 Å². The fourth-order valence-electron chi connectivity index (χ4n) is 2.35. The monoisotopic (exact) mass is 238 g/mol. The molecule has 1 heteroatoms. The van der Waals surface area contributed by atoms with Crippen molar-refractivity contribution in [3.8, 4) is 0 Å². The van der Waals surface area contributed by atoms with E-state index in [1.165, 1.54) is 29.3 Å². The standard InChI is InChI=1S/C12H15Br/c1-9-3-2-4-12(9)10-5-7-11(13)8-6-10/h5-9,12H,2-4H2,1H3. The second kappa shape index (κ2) is 3.83. The van der Waals surface area contributed by atoms with Gasteiger partial charge in [-0.3, -0.25) is 0 Å². The summed E-state index contributed by atoms with van der Waals surface area (Å²) in [5.74, 6) is 1.69. The Bertz CT molecular complexity index is 276. The number of hydrogen-bond donors (Lipinski definition) is 0. The van der Waals surface area contributed by atoms with Gasteiger partial charge in [0.15, 0.2) is 0 Å². The van der Waals surface area contributed by atoms with Crippen LogP contribution in [0.25, 0.3) is 0 Å². The molecule has 0 aromatic heterocycles. The molecule has 0 heterocycles. The van der Waals surface area contributed by atoms with E-state index in [1.807, 2.05) is 0 Å². The lowest BCUT2D eigenvalue weighted by Gasteiger charge is -2.15. The van der Waals surface area contributed by atoms with E-state index in [4.69, 9.17) is 0 Å². The van der Waals surface area contributed by atoms with Crippen LogP contribution in [-0.4, -0.2) is 0 Å². The van der Waals surface area contributed by atoms with Crippen LogP contribution in [0.1, 0.15) is 37.7 Å². The quantitative estimate of drug-likeness (QED) is 0.683. The van der Waals surface area contributed by atoms with Crippen LogP contribution in [0, 0.1) is 5.92 Å². The van der Waals surface area contributed by atoms with Crippen LogP contribution in [0.5, 0.6) is 0 Å². The van der Waals surface area contributed by atoms with Crippen LogP contribution in [0.4, 0.5) is 0 Å². The zero-order chi connectivity index (χ0) is 9.26. The Morgan fingerprint density at radius 2 is 1.85 bits per heavy atom. The van der Waals surface area contributed by atoms with E-state index < -0.39 is 0 Å². The lowest BCUT2D eigenvalue weighted by Crippen LogP contribution is -2.01. The third kappa shape index (κ3) is 1.96. The highest BCUT2D eigenvalue weighted by Crippen LogP contribution is 2.39. The van der Waals surface area contributed by atoms with Crippen LogP contribution in [0.3, 0.4) is 0 Å². The summed E-state index contributed by atoms with van der Waals surface area (Å²) in [7, 11) is 0. The van der Waals surface area contributed by atoms with Crippen LogP contribution >= 0.6 is 15.9 Å². The van der Waals surface area contributed by atoms with Gasteiger partial charge in [0.25, 0.3) is 0 Å². The van der Waals surface area contributed by atoms with Gasteiger partial charge >= 0.3 is 0 Å². The van der Waals surface area contributed by atoms with Crippen molar-refractivity contribution in [2.24, 2.45) is 5.92 Å². The van der Waals surface area contributed by atoms with Gasteiger partial charge in [0, 0.05) is 4.47 Å². The van der Waals surface area contributed by atoms with Gasteiger partial charge in [-0.05, 0) is 36.0 Å². The normalized spacial score (nSPS) is 27.8. The van der Waals surface area contributed by atoms with Crippen LogP contribution in [-0.2, 0) is 0 Å². The molecule has 0 aliphatic heterocycles. The predicted octanol–water partition coefficient (Wildman–Crippen LogP) is 4.35. The third-order valence-corrected chi connectivity index (χ3v) is 3.69. The molecule has 1 aromatic rings. The summed E-state index contributed by atoms with van der Waals surface area (Å²) >= 11 is 3.47. The summed E-state index contributed by atoms with van der Waals surface area (Å²) in [5.41, 5.74) is 1.52. The highest BCUT2D eigenvalue weighted by Gasteiger charge is 2.24. The van der Waals surface area contributed by atoms with Gasteiger partial charge in [0.1, 0.15) is 0 Å². The molecule has 1 aromatic carbocycles. The molecule has 2 unspecified atom stereocenters. The fraction of sp³-hybridized carbons (Fsp3) is 0.500. The average Bonchev–Trinajstić information content (AvgIpc) is 2.53. The van der Waals surface area contributed by atoms with Crippen LogP contribution in [0.2, 0.25) is 0 Å².